The first-order valence-electron chi connectivity index (χ1n) is 6.23. The summed E-state index contributed by atoms with van der Waals surface area (Å²) in [4.78, 5) is 12.2. The second-order valence-corrected chi connectivity index (χ2v) is 7.20. The molecule has 3 nitrogen and oxygen atoms in total. The standard InChI is InChI=1S/C15H10Cl2N2OS2/c16-8-3-9(17)5-11(4-8)22-19-10-1-2-12-13(15(18)20)7-21-14(12)6-10/h1-7,19H,(H2,18,20). The number of anilines is 1. The summed E-state index contributed by atoms with van der Waals surface area (Å²) in [6.45, 7) is 0. The van der Waals surface area contributed by atoms with Gasteiger partial charge in [0.1, 0.15) is 0 Å². The van der Waals surface area contributed by atoms with Crippen LogP contribution >= 0.6 is 46.5 Å². The van der Waals surface area contributed by atoms with Crippen molar-refractivity contribution in [1.82, 2.24) is 0 Å². The molecule has 0 atom stereocenters. The summed E-state index contributed by atoms with van der Waals surface area (Å²) in [7, 11) is 0. The maximum atomic E-state index is 11.3. The third-order valence-corrected chi connectivity index (χ3v) is 5.15. The highest BCUT2D eigenvalue weighted by Gasteiger charge is 2.09. The van der Waals surface area contributed by atoms with Crippen LogP contribution in [0.15, 0.2) is 46.7 Å². The summed E-state index contributed by atoms with van der Waals surface area (Å²) < 4.78 is 4.24. The zero-order chi connectivity index (χ0) is 15.7. The molecule has 0 saturated heterocycles. The van der Waals surface area contributed by atoms with E-state index in [9.17, 15) is 4.79 Å². The Bertz CT molecular complexity index is 844. The van der Waals surface area contributed by atoms with E-state index in [1.165, 1.54) is 23.3 Å². The zero-order valence-corrected chi connectivity index (χ0v) is 14.2. The molecule has 1 amide bonds. The monoisotopic (exact) mass is 368 g/mol. The highest BCUT2D eigenvalue weighted by atomic mass is 35.5. The van der Waals surface area contributed by atoms with Crippen molar-refractivity contribution in [2.45, 2.75) is 4.90 Å². The molecule has 1 heterocycles. The number of halogens is 2. The number of nitrogens with two attached hydrogens (primary N) is 1. The first kappa shape index (κ1) is 15.5. The summed E-state index contributed by atoms with van der Waals surface area (Å²) in [6.07, 6.45) is 0. The Kier molecular flexibility index (Phi) is 4.49. The molecule has 2 aromatic carbocycles. The van der Waals surface area contributed by atoms with Crippen molar-refractivity contribution >= 4 is 68.2 Å². The topological polar surface area (TPSA) is 55.1 Å². The smallest absolute Gasteiger partial charge is 0.250 e. The zero-order valence-electron chi connectivity index (χ0n) is 11.1. The van der Waals surface area contributed by atoms with Gasteiger partial charge in [0.2, 0.25) is 5.91 Å². The third kappa shape index (κ3) is 3.33. The molecule has 7 heteroatoms. The SMILES string of the molecule is NC(=O)c1csc2cc(NSc3cc(Cl)cc(Cl)c3)ccc12. The van der Waals surface area contributed by atoms with Crippen LogP contribution in [0.2, 0.25) is 10.0 Å². The Morgan fingerprint density at radius 1 is 1.14 bits per heavy atom. The summed E-state index contributed by atoms with van der Waals surface area (Å²) in [6, 6.07) is 11.1. The number of carbonyl (C=O) groups is 1. The fraction of sp³-hybridized carbons (Fsp3) is 0. The Balaban J connectivity index is 1.81. The van der Waals surface area contributed by atoms with E-state index in [-0.39, 0.29) is 0 Å². The van der Waals surface area contributed by atoms with Gasteiger partial charge in [0, 0.05) is 36.1 Å². The van der Waals surface area contributed by atoms with Gasteiger partial charge < -0.3 is 10.5 Å². The lowest BCUT2D eigenvalue weighted by molar-refractivity contribution is 0.100. The number of carbonyl (C=O) groups excluding carboxylic acids is 1. The first-order chi connectivity index (χ1) is 10.5. The van der Waals surface area contributed by atoms with Crippen LogP contribution in [0.25, 0.3) is 10.1 Å². The van der Waals surface area contributed by atoms with E-state index in [0.717, 1.165) is 20.7 Å². The van der Waals surface area contributed by atoms with Gasteiger partial charge in [-0.2, -0.15) is 0 Å². The van der Waals surface area contributed by atoms with Crippen molar-refractivity contribution in [2.75, 3.05) is 4.72 Å². The molecule has 0 aliphatic carbocycles. The van der Waals surface area contributed by atoms with Gasteiger partial charge in [0.25, 0.3) is 0 Å². The van der Waals surface area contributed by atoms with Crippen molar-refractivity contribution < 1.29 is 4.79 Å². The number of amides is 1. The Hall–Kier alpha value is -1.40. The minimum absolute atomic E-state index is 0.407. The number of benzene rings is 2. The van der Waals surface area contributed by atoms with E-state index in [2.05, 4.69) is 4.72 Å². The highest BCUT2D eigenvalue weighted by Crippen LogP contribution is 2.31. The molecule has 3 N–H and O–H groups in total. The quantitative estimate of drug-likeness (QED) is 0.603. The van der Waals surface area contributed by atoms with E-state index in [4.69, 9.17) is 28.9 Å². The van der Waals surface area contributed by atoms with E-state index in [1.807, 2.05) is 30.3 Å². The van der Waals surface area contributed by atoms with E-state index >= 15 is 0 Å². The number of thiophene rings is 1. The van der Waals surface area contributed by atoms with Crippen molar-refractivity contribution in [1.29, 1.82) is 0 Å². The summed E-state index contributed by atoms with van der Waals surface area (Å²) in [5.41, 5.74) is 6.83. The molecule has 1 aromatic heterocycles. The average Bonchev–Trinajstić information content (AvgIpc) is 2.87. The molecule has 0 spiro atoms. The van der Waals surface area contributed by atoms with E-state index < -0.39 is 5.91 Å². The van der Waals surface area contributed by atoms with Crippen LogP contribution in [0, 0.1) is 0 Å². The van der Waals surface area contributed by atoms with Crippen LogP contribution in [0.5, 0.6) is 0 Å². The Morgan fingerprint density at radius 3 is 2.55 bits per heavy atom. The molecule has 22 heavy (non-hydrogen) atoms. The first-order valence-corrected chi connectivity index (χ1v) is 8.68. The summed E-state index contributed by atoms with van der Waals surface area (Å²) in [5.74, 6) is -0.407. The molecule has 0 radical (unpaired) electrons. The molecule has 0 aliphatic rings. The van der Waals surface area contributed by atoms with Gasteiger partial charge >= 0.3 is 0 Å². The van der Waals surface area contributed by atoms with Crippen LogP contribution < -0.4 is 10.5 Å². The van der Waals surface area contributed by atoms with E-state index in [1.54, 1.807) is 11.4 Å². The lowest BCUT2D eigenvalue weighted by atomic mass is 10.1. The van der Waals surface area contributed by atoms with Crippen LogP contribution in [0.4, 0.5) is 5.69 Å². The normalized spacial score (nSPS) is 10.8. The predicted octanol–water partition coefficient (Wildman–Crippen LogP) is 5.43. The van der Waals surface area contributed by atoms with Gasteiger partial charge in [0.15, 0.2) is 0 Å². The van der Waals surface area contributed by atoms with Gasteiger partial charge in [-0.3, -0.25) is 4.79 Å². The Morgan fingerprint density at radius 2 is 1.86 bits per heavy atom. The molecular formula is C15H10Cl2N2OS2. The van der Waals surface area contributed by atoms with Crippen molar-refractivity contribution in [3.63, 3.8) is 0 Å². The van der Waals surface area contributed by atoms with Gasteiger partial charge in [-0.1, -0.05) is 29.3 Å². The molecule has 0 unspecified atom stereocenters. The van der Waals surface area contributed by atoms with Gasteiger partial charge in [0.05, 0.1) is 5.56 Å². The largest absolute Gasteiger partial charge is 0.366 e. The molecule has 0 bridgehead atoms. The lowest BCUT2D eigenvalue weighted by Crippen LogP contribution is -2.09. The van der Waals surface area contributed by atoms with Crippen LogP contribution in [0.3, 0.4) is 0 Å². The van der Waals surface area contributed by atoms with Crippen LogP contribution in [-0.2, 0) is 0 Å². The number of rotatable bonds is 4. The summed E-state index contributed by atoms with van der Waals surface area (Å²) in [5, 5.41) is 3.84. The maximum Gasteiger partial charge on any atom is 0.250 e. The van der Waals surface area contributed by atoms with Crippen molar-refractivity contribution in [3.05, 3.63) is 57.4 Å². The van der Waals surface area contributed by atoms with Crippen LogP contribution in [0.1, 0.15) is 10.4 Å². The number of nitrogens with one attached hydrogen (secondary N) is 1. The van der Waals surface area contributed by atoms with Crippen molar-refractivity contribution in [3.8, 4) is 0 Å². The molecule has 0 aliphatic heterocycles. The van der Waals surface area contributed by atoms with Crippen LogP contribution in [-0.4, -0.2) is 5.91 Å². The number of primary amides is 1. The fourth-order valence-electron chi connectivity index (χ4n) is 1.99. The predicted molar refractivity (Wildman–Crippen MR) is 96.3 cm³/mol. The van der Waals surface area contributed by atoms with Gasteiger partial charge in [-0.15, -0.1) is 11.3 Å². The molecular weight excluding hydrogens is 359 g/mol. The number of hydrogen-bond acceptors (Lipinski definition) is 4. The second kappa shape index (κ2) is 6.38. The second-order valence-electron chi connectivity index (χ2n) is 4.53. The lowest BCUT2D eigenvalue weighted by Gasteiger charge is -2.06. The molecule has 3 rings (SSSR count). The molecule has 0 saturated carbocycles. The van der Waals surface area contributed by atoms with Gasteiger partial charge in [-0.05, 0) is 42.3 Å². The highest BCUT2D eigenvalue weighted by molar-refractivity contribution is 8.00. The molecule has 0 fully saturated rings. The third-order valence-electron chi connectivity index (χ3n) is 2.96. The number of fused-ring (bicyclic) bond motifs is 1. The van der Waals surface area contributed by atoms with Crippen molar-refractivity contribution in [2.24, 2.45) is 5.73 Å². The Labute approximate surface area is 145 Å². The minimum atomic E-state index is -0.407. The van der Waals surface area contributed by atoms with E-state index in [0.29, 0.717) is 15.6 Å². The minimum Gasteiger partial charge on any atom is -0.366 e. The summed E-state index contributed by atoms with van der Waals surface area (Å²) >= 11 is 14.9. The number of hydrogen-bond donors (Lipinski definition) is 2. The molecule has 3 aromatic rings. The van der Waals surface area contributed by atoms with Gasteiger partial charge in [-0.25, -0.2) is 0 Å². The molecule has 112 valence electrons. The maximum absolute atomic E-state index is 11.3. The average molecular weight is 369 g/mol. The fourth-order valence-corrected chi connectivity index (χ4v) is 4.37.